The van der Waals surface area contributed by atoms with Crippen LogP contribution in [0.5, 0.6) is 0 Å². The van der Waals surface area contributed by atoms with Gasteiger partial charge in [0.05, 0.1) is 11.4 Å². The third-order valence-corrected chi connectivity index (χ3v) is 5.44. The van der Waals surface area contributed by atoms with E-state index < -0.39 is 27.6 Å². The van der Waals surface area contributed by atoms with Crippen molar-refractivity contribution in [1.82, 2.24) is 15.1 Å². The monoisotopic (exact) mass is 355 g/mol. The maximum atomic E-state index is 12.6. The molecule has 134 valence electrons. The van der Waals surface area contributed by atoms with E-state index in [0.717, 1.165) is 12.8 Å². The Balaban J connectivity index is 2.15. The van der Waals surface area contributed by atoms with Gasteiger partial charge in [0.15, 0.2) is 14.9 Å². The normalized spacial score (nSPS) is 19.2. The van der Waals surface area contributed by atoms with Gasteiger partial charge < -0.3 is 9.64 Å². The fraction of sp³-hybridized carbons (Fsp3) is 0.688. The summed E-state index contributed by atoms with van der Waals surface area (Å²) in [6.45, 7) is 7.64. The van der Waals surface area contributed by atoms with Crippen LogP contribution in [0, 0.1) is 6.92 Å². The van der Waals surface area contributed by atoms with Gasteiger partial charge in [-0.1, -0.05) is 0 Å². The summed E-state index contributed by atoms with van der Waals surface area (Å²) in [6, 6.07) is 2.67. The van der Waals surface area contributed by atoms with Crippen LogP contribution in [0.15, 0.2) is 17.2 Å². The van der Waals surface area contributed by atoms with E-state index in [1.54, 1.807) is 33.8 Å². The number of aromatic nitrogens is 2. The minimum atomic E-state index is -3.61. The number of carbonyl (C=O) groups excluding carboxylic acids is 1. The number of aryl methyl sites for hydroxylation is 1. The predicted octanol–water partition coefficient (Wildman–Crippen LogP) is 2.35. The molecular weight excluding hydrogens is 330 g/mol. The summed E-state index contributed by atoms with van der Waals surface area (Å²) < 4.78 is 30.6. The largest absolute Gasteiger partial charge is 0.444 e. The van der Waals surface area contributed by atoms with Gasteiger partial charge in [-0.15, -0.1) is 5.10 Å². The number of amides is 1. The van der Waals surface area contributed by atoms with Crippen molar-refractivity contribution in [2.24, 2.45) is 0 Å². The molecule has 7 nitrogen and oxygen atoms in total. The first-order valence-corrected chi connectivity index (χ1v) is 9.76. The van der Waals surface area contributed by atoms with Crippen LogP contribution >= 0.6 is 0 Å². The number of nitrogens with zero attached hydrogens (tertiary/aromatic N) is 3. The molecule has 0 aliphatic carbocycles. The molecule has 24 heavy (non-hydrogen) atoms. The van der Waals surface area contributed by atoms with Crippen molar-refractivity contribution in [3.05, 3.63) is 17.8 Å². The lowest BCUT2D eigenvalue weighted by molar-refractivity contribution is 0.0124. The lowest BCUT2D eigenvalue weighted by Crippen LogP contribution is -2.49. The average molecular weight is 355 g/mol. The van der Waals surface area contributed by atoms with E-state index in [9.17, 15) is 13.2 Å². The third kappa shape index (κ3) is 4.90. The SMILES string of the molecule is Cc1ccc(S(=O)(=O)CC2CCCCN2C(=O)OC(C)(C)C)nn1. The number of ether oxygens (including phenoxy) is 1. The first-order chi connectivity index (χ1) is 11.1. The van der Waals surface area contributed by atoms with Crippen molar-refractivity contribution in [2.45, 2.75) is 63.6 Å². The van der Waals surface area contributed by atoms with Crippen LogP contribution in [-0.4, -0.2) is 53.5 Å². The van der Waals surface area contributed by atoms with Crippen LogP contribution in [-0.2, 0) is 14.6 Å². The van der Waals surface area contributed by atoms with E-state index in [1.165, 1.54) is 11.0 Å². The van der Waals surface area contributed by atoms with Gasteiger partial charge in [0.25, 0.3) is 0 Å². The van der Waals surface area contributed by atoms with Crippen LogP contribution in [0.1, 0.15) is 45.7 Å². The van der Waals surface area contributed by atoms with Crippen LogP contribution in [0.25, 0.3) is 0 Å². The van der Waals surface area contributed by atoms with Crippen LogP contribution in [0.4, 0.5) is 4.79 Å². The molecule has 1 aliphatic heterocycles. The molecule has 1 fully saturated rings. The van der Waals surface area contributed by atoms with Crippen molar-refractivity contribution in [2.75, 3.05) is 12.3 Å². The number of piperidine rings is 1. The maximum Gasteiger partial charge on any atom is 0.410 e. The quantitative estimate of drug-likeness (QED) is 0.827. The number of rotatable bonds is 3. The zero-order valence-electron chi connectivity index (χ0n) is 14.7. The number of likely N-dealkylation sites (tertiary alicyclic amines) is 1. The molecule has 0 radical (unpaired) electrons. The van der Waals surface area contributed by atoms with Gasteiger partial charge in [-0.25, -0.2) is 13.2 Å². The Labute approximate surface area is 143 Å². The topological polar surface area (TPSA) is 89.5 Å². The Kier molecular flexibility index (Phi) is 5.47. The molecule has 1 saturated heterocycles. The number of hydrogen-bond acceptors (Lipinski definition) is 6. The molecule has 0 N–H and O–H groups in total. The fourth-order valence-electron chi connectivity index (χ4n) is 2.63. The molecule has 1 aromatic heterocycles. The smallest absolute Gasteiger partial charge is 0.410 e. The average Bonchev–Trinajstić information content (AvgIpc) is 2.46. The van der Waals surface area contributed by atoms with E-state index in [4.69, 9.17) is 4.74 Å². The molecule has 0 spiro atoms. The van der Waals surface area contributed by atoms with E-state index in [-0.39, 0.29) is 10.8 Å². The van der Waals surface area contributed by atoms with Crippen molar-refractivity contribution in [3.8, 4) is 0 Å². The molecule has 1 aromatic rings. The molecule has 1 aliphatic rings. The lowest BCUT2D eigenvalue weighted by Gasteiger charge is -2.36. The maximum absolute atomic E-state index is 12.6. The van der Waals surface area contributed by atoms with E-state index in [1.807, 2.05) is 0 Å². The van der Waals surface area contributed by atoms with Gasteiger partial charge in [-0.3, -0.25) is 0 Å². The molecule has 2 heterocycles. The predicted molar refractivity (Wildman–Crippen MR) is 89.4 cm³/mol. The zero-order chi connectivity index (χ0) is 18.0. The minimum absolute atomic E-state index is 0.0530. The second-order valence-corrected chi connectivity index (χ2v) is 9.10. The molecule has 0 bridgehead atoms. The fourth-order valence-corrected chi connectivity index (χ4v) is 4.09. The van der Waals surface area contributed by atoms with Gasteiger partial charge in [0.2, 0.25) is 0 Å². The summed E-state index contributed by atoms with van der Waals surface area (Å²) in [7, 11) is -3.61. The summed E-state index contributed by atoms with van der Waals surface area (Å²) in [5.41, 5.74) is 0.0439. The molecule has 0 saturated carbocycles. The molecule has 0 aromatic carbocycles. The van der Waals surface area contributed by atoms with Gasteiger partial charge in [-0.2, -0.15) is 5.10 Å². The molecular formula is C16H25N3O4S. The highest BCUT2D eigenvalue weighted by Gasteiger charge is 2.34. The van der Waals surface area contributed by atoms with Crippen molar-refractivity contribution >= 4 is 15.9 Å². The highest BCUT2D eigenvalue weighted by atomic mass is 32.2. The lowest BCUT2D eigenvalue weighted by atomic mass is 10.0. The summed E-state index contributed by atoms with van der Waals surface area (Å²) in [5, 5.41) is 7.53. The summed E-state index contributed by atoms with van der Waals surface area (Å²) in [4.78, 5) is 13.9. The van der Waals surface area contributed by atoms with Crippen molar-refractivity contribution < 1.29 is 17.9 Å². The number of hydrogen-bond donors (Lipinski definition) is 0. The molecule has 1 amide bonds. The Morgan fingerprint density at radius 2 is 2.00 bits per heavy atom. The van der Waals surface area contributed by atoms with Crippen LogP contribution in [0.3, 0.4) is 0 Å². The van der Waals surface area contributed by atoms with Crippen molar-refractivity contribution in [1.29, 1.82) is 0 Å². The highest BCUT2D eigenvalue weighted by Crippen LogP contribution is 2.23. The molecule has 1 atom stereocenters. The third-order valence-electron chi connectivity index (χ3n) is 3.76. The van der Waals surface area contributed by atoms with Gasteiger partial charge >= 0.3 is 6.09 Å². The number of carbonyl (C=O) groups is 1. The van der Waals surface area contributed by atoms with E-state index in [0.29, 0.717) is 18.7 Å². The van der Waals surface area contributed by atoms with E-state index in [2.05, 4.69) is 10.2 Å². The Bertz CT molecular complexity index is 680. The standard InChI is InChI=1S/C16H25N3O4S/c1-12-8-9-14(18-17-12)24(21,22)11-13-7-5-6-10-19(13)15(20)23-16(2,3)4/h8-9,13H,5-7,10-11H2,1-4H3. The molecule has 2 rings (SSSR count). The Hall–Kier alpha value is -1.70. The zero-order valence-corrected chi connectivity index (χ0v) is 15.5. The first kappa shape index (κ1) is 18.6. The molecule has 8 heteroatoms. The second-order valence-electron chi connectivity index (χ2n) is 7.12. The summed E-state index contributed by atoms with van der Waals surface area (Å²) in [5.74, 6) is -0.163. The summed E-state index contributed by atoms with van der Waals surface area (Å²) in [6.07, 6.45) is 1.91. The Morgan fingerprint density at radius 1 is 1.29 bits per heavy atom. The van der Waals surface area contributed by atoms with Crippen LogP contribution in [0.2, 0.25) is 0 Å². The Morgan fingerprint density at radius 3 is 2.58 bits per heavy atom. The number of sulfone groups is 1. The van der Waals surface area contributed by atoms with Crippen molar-refractivity contribution in [3.63, 3.8) is 0 Å². The van der Waals surface area contributed by atoms with Crippen LogP contribution < -0.4 is 0 Å². The van der Waals surface area contributed by atoms with Gasteiger partial charge in [0.1, 0.15) is 5.60 Å². The van der Waals surface area contributed by atoms with Gasteiger partial charge in [0, 0.05) is 12.6 Å². The minimum Gasteiger partial charge on any atom is -0.444 e. The van der Waals surface area contributed by atoms with E-state index >= 15 is 0 Å². The first-order valence-electron chi connectivity index (χ1n) is 8.11. The second kappa shape index (κ2) is 7.04. The van der Waals surface area contributed by atoms with Gasteiger partial charge in [-0.05, 0) is 59.1 Å². The molecule has 1 unspecified atom stereocenters. The summed E-state index contributed by atoms with van der Waals surface area (Å²) >= 11 is 0. The highest BCUT2D eigenvalue weighted by molar-refractivity contribution is 7.91.